The van der Waals surface area contributed by atoms with Gasteiger partial charge in [-0.25, -0.2) is 13.8 Å². The summed E-state index contributed by atoms with van der Waals surface area (Å²) in [5.74, 6) is -1.62. The quantitative estimate of drug-likeness (QED) is 0.765. The third-order valence-corrected chi connectivity index (χ3v) is 4.86. The lowest BCUT2D eigenvalue weighted by Crippen LogP contribution is -2.23. The molecule has 1 heterocycles. The van der Waals surface area contributed by atoms with Gasteiger partial charge in [0.05, 0.1) is 16.4 Å². The molecule has 0 bridgehead atoms. The fraction of sp³-hybridized carbons (Fsp3) is 0.471. The summed E-state index contributed by atoms with van der Waals surface area (Å²) >= 11 is 1.47. The smallest absolute Gasteiger partial charge is 0.182 e. The van der Waals surface area contributed by atoms with Crippen LogP contribution < -0.4 is 4.90 Å². The van der Waals surface area contributed by atoms with E-state index >= 15 is 0 Å². The van der Waals surface area contributed by atoms with Crippen LogP contribution >= 0.6 is 11.3 Å². The highest BCUT2D eigenvalue weighted by molar-refractivity contribution is 7.10. The summed E-state index contributed by atoms with van der Waals surface area (Å²) in [7, 11) is 0. The molecule has 0 aliphatic heterocycles. The summed E-state index contributed by atoms with van der Waals surface area (Å²) in [4.78, 5) is 6.26. The average molecular weight is 324 g/mol. The Labute approximate surface area is 134 Å². The molecule has 22 heavy (non-hydrogen) atoms. The molecule has 0 amide bonds. The number of aromatic nitrogens is 1. The third-order valence-electron chi connectivity index (χ3n) is 3.59. The van der Waals surface area contributed by atoms with E-state index in [2.05, 4.69) is 25.8 Å². The van der Waals surface area contributed by atoms with E-state index in [0.29, 0.717) is 24.5 Å². The van der Waals surface area contributed by atoms with E-state index in [0.717, 1.165) is 5.01 Å². The Morgan fingerprint density at radius 1 is 1.09 bits per heavy atom. The topological polar surface area (TPSA) is 16.1 Å². The molecule has 0 N–H and O–H groups in total. The second-order valence-corrected chi connectivity index (χ2v) is 7.08. The lowest BCUT2D eigenvalue weighted by Gasteiger charge is -2.22. The van der Waals surface area contributed by atoms with Crippen molar-refractivity contribution >= 4 is 17.0 Å². The number of anilines is 1. The number of hydrogen-bond acceptors (Lipinski definition) is 3. The molecule has 0 fully saturated rings. The highest BCUT2D eigenvalue weighted by atomic mass is 32.1. The van der Waals surface area contributed by atoms with Crippen LogP contribution in [0.2, 0.25) is 0 Å². The van der Waals surface area contributed by atoms with Gasteiger partial charge in [-0.3, -0.25) is 0 Å². The van der Waals surface area contributed by atoms with Gasteiger partial charge in [0.2, 0.25) is 0 Å². The Hall–Kier alpha value is -1.49. The van der Waals surface area contributed by atoms with E-state index in [9.17, 15) is 8.78 Å². The SMILES string of the molecule is CCN(CC)c1ccc(-c2csc(C(C)(C)C)n2)c(F)c1F. The van der Waals surface area contributed by atoms with Crippen molar-refractivity contribution < 1.29 is 8.78 Å². The Kier molecular flexibility index (Phi) is 4.85. The minimum atomic E-state index is -0.824. The van der Waals surface area contributed by atoms with Crippen molar-refractivity contribution in [3.63, 3.8) is 0 Å². The van der Waals surface area contributed by atoms with Crippen LogP contribution in [0.4, 0.5) is 14.5 Å². The molecule has 1 aromatic heterocycles. The molecule has 1 aromatic carbocycles. The minimum absolute atomic E-state index is 0.0981. The van der Waals surface area contributed by atoms with Gasteiger partial charge in [0.15, 0.2) is 11.6 Å². The molecule has 0 unspecified atom stereocenters. The molecular weight excluding hydrogens is 302 g/mol. The molecule has 0 aliphatic carbocycles. The number of hydrogen-bond donors (Lipinski definition) is 0. The van der Waals surface area contributed by atoms with Gasteiger partial charge in [-0.2, -0.15) is 0 Å². The van der Waals surface area contributed by atoms with Crippen molar-refractivity contribution in [2.24, 2.45) is 0 Å². The molecule has 2 rings (SSSR count). The third kappa shape index (κ3) is 3.14. The maximum atomic E-state index is 14.4. The second kappa shape index (κ2) is 6.32. The van der Waals surface area contributed by atoms with Crippen LogP contribution in [0.3, 0.4) is 0 Å². The number of thiazole rings is 1. The van der Waals surface area contributed by atoms with Gasteiger partial charge in [0.25, 0.3) is 0 Å². The number of halogens is 2. The lowest BCUT2D eigenvalue weighted by atomic mass is 9.98. The van der Waals surface area contributed by atoms with Gasteiger partial charge in [-0.1, -0.05) is 20.8 Å². The second-order valence-electron chi connectivity index (χ2n) is 6.22. The molecule has 0 saturated carbocycles. The summed E-state index contributed by atoms with van der Waals surface area (Å²) in [5, 5.41) is 2.70. The van der Waals surface area contributed by atoms with Crippen molar-refractivity contribution in [2.45, 2.75) is 40.0 Å². The molecule has 0 atom stereocenters. The molecule has 0 saturated heterocycles. The van der Waals surface area contributed by atoms with Crippen LogP contribution in [0.1, 0.15) is 39.6 Å². The zero-order valence-electron chi connectivity index (χ0n) is 13.7. The minimum Gasteiger partial charge on any atom is -0.370 e. The Morgan fingerprint density at radius 3 is 2.23 bits per heavy atom. The maximum Gasteiger partial charge on any atom is 0.182 e. The number of benzene rings is 1. The highest BCUT2D eigenvalue weighted by Crippen LogP contribution is 2.33. The van der Waals surface area contributed by atoms with E-state index in [1.54, 1.807) is 22.4 Å². The van der Waals surface area contributed by atoms with Crippen LogP contribution in [0.15, 0.2) is 17.5 Å². The van der Waals surface area contributed by atoms with E-state index in [1.165, 1.54) is 11.3 Å². The molecule has 0 radical (unpaired) electrons. The van der Waals surface area contributed by atoms with E-state index < -0.39 is 11.6 Å². The van der Waals surface area contributed by atoms with E-state index in [4.69, 9.17) is 0 Å². The summed E-state index contributed by atoms with van der Waals surface area (Å²) < 4.78 is 28.8. The van der Waals surface area contributed by atoms with Gasteiger partial charge in [0, 0.05) is 29.4 Å². The predicted molar refractivity (Wildman–Crippen MR) is 89.7 cm³/mol. The van der Waals surface area contributed by atoms with Crippen LogP contribution in [-0.2, 0) is 5.41 Å². The molecule has 0 aliphatic rings. The van der Waals surface area contributed by atoms with Crippen LogP contribution in [0.25, 0.3) is 11.3 Å². The van der Waals surface area contributed by atoms with Crippen molar-refractivity contribution in [3.05, 3.63) is 34.2 Å². The molecule has 2 nitrogen and oxygen atoms in total. The summed E-state index contributed by atoms with van der Waals surface area (Å²) in [6.45, 7) is 11.3. The molecule has 0 spiro atoms. The van der Waals surface area contributed by atoms with Crippen molar-refractivity contribution in [1.82, 2.24) is 4.98 Å². The molecular formula is C17H22F2N2S. The first-order chi connectivity index (χ1) is 10.3. The maximum absolute atomic E-state index is 14.4. The van der Waals surface area contributed by atoms with Crippen LogP contribution in [-0.4, -0.2) is 18.1 Å². The van der Waals surface area contributed by atoms with Gasteiger partial charge >= 0.3 is 0 Å². The van der Waals surface area contributed by atoms with Gasteiger partial charge in [0.1, 0.15) is 0 Å². The van der Waals surface area contributed by atoms with Crippen LogP contribution in [0, 0.1) is 11.6 Å². The van der Waals surface area contributed by atoms with Gasteiger partial charge in [-0.05, 0) is 26.0 Å². The number of rotatable bonds is 4. The Morgan fingerprint density at radius 2 is 1.73 bits per heavy atom. The summed E-state index contributed by atoms with van der Waals surface area (Å²) in [5.41, 5.74) is 0.925. The number of nitrogens with zero attached hydrogens (tertiary/aromatic N) is 2. The lowest BCUT2D eigenvalue weighted by molar-refractivity contribution is 0.509. The van der Waals surface area contributed by atoms with Gasteiger partial charge in [-0.15, -0.1) is 11.3 Å². The first-order valence-electron chi connectivity index (χ1n) is 7.48. The van der Waals surface area contributed by atoms with Crippen molar-refractivity contribution in [3.8, 4) is 11.3 Å². The standard InChI is InChI=1S/C17H22F2N2S/c1-6-21(7-2)13-9-8-11(14(18)15(13)19)12-10-22-16(20-12)17(3,4)5/h8-10H,6-7H2,1-5H3. The van der Waals surface area contributed by atoms with Crippen molar-refractivity contribution in [2.75, 3.05) is 18.0 Å². The fourth-order valence-electron chi connectivity index (χ4n) is 2.29. The first kappa shape index (κ1) is 16.9. The monoisotopic (exact) mass is 324 g/mol. The zero-order valence-corrected chi connectivity index (χ0v) is 14.5. The van der Waals surface area contributed by atoms with E-state index in [1.807, 2.05) is 13.8 Å². The van der Waals surface area contributed by atoms with Gasteiger partial charge < -0.3 is 4.90 Å². The Bertz CT molecular complexity index is 655. The summed E-state index contributed by atoms with van der Waals surface area (Å²) in [6.07, 6.45) is 0. The molecule has 5 heteroatoms. The molecule has 120 valence electrons. The normalized spacial score (nSPS) is 11.8. The van der Waals surface area contributed by atoms with Crippen LogP contribution in [0.5, 0.6) is 0 Å². The molecule has 2 aromatic rings. The van der Waals surface area contributed by atoms with E-state index in [-0.39, 0.29) is 11.0 Å². The first-order valence-corrected chi connectivity index (χ1v) is 8.36. The predicted octanol–water partition coefficient (Wildman–Crippen LogP) is 5.23. The fourth-order valence-corrected chi connectivity index (χ4v) is 3.20. The average Bonchev–Trinajstić information content (AvgIpc) is 2.94. The van der Waals surface area contributed by atoms with Crippen molar-refractivity contribution in [1.29, 1.82) is 0 Å². The summed E-state index contributed by atoms with van der Waals surface area (Å²) in [6, 6.07) is 3.25. The highest BCUT2D eigenvalue weighted by Gasteiger charge is 2.22. The largest absolute Gasteiger partial charge is 0.370 e. The Balaban J connectivity index is 2.46. The zero-order chi connectivity index (χ0) is 16.5.